The van der Waals surface area contributed by atoms with Crippen LogP contribution in [0.5, 0.6) is 0 Å². The Bertz CT molecular complexity index is 847. The van der Waals surface area contributed by atoms with Gasteiger partial charge in [-0.15, -0.1) is 0 Å². The Kier molecular flexibility index (Phi) is 6.71. The van der Waals surface area contributed by atoms with Gasteiger partial charge < -0.3 is 15.5 Å². The molecule has 1 unspecified atom stereocenters. The smallest absolute Gasteiger partial charge is 0.251 e. The highest BCUT2D eigenvalue weighted by molar-refractivity contribution is 6.30. The fourth-order valence-corrected chi connectivity index (χ4v) is 3.38. The maximum absolute atomic E-state index is 12.1. The van der Waals surface area contributed by atoms with E-state index in [9.17, 15) is 9.59 Å². The van der Waals surface area contributed by atoms with Crippen molar-refractivity contribution in [3.05, 3.63) is 70.8 Å². The van der Waals surface area contributed by atoms with E-state index in [1.54, 1.807) is 25.3 Å². The maximum atomic E-state index is 12.1. The Morgan fingerprint density at radius 3 is 2.54 bits per heavy atom. The predicted molar refractivity (Wildman–Crippen MR) is 114 cm³/mol. The van der Waals surface area contributed by atoms with E-state index < -0.39 is 0 Å². The van der Waals surface area contributed by atoms with Crippen LogP contribution in [0.25, 0.3) is 6.08 Å². The molecule has 5 nitrogen and oxygen atoms in total. The molecule has 2 amide bonds. The van der Waals surface area contributed by atoms with Gasteiger partial charge in [-0.2, -0.15) is 0 Å². The van der Waals surface area contributed by atoms with Crippen molar-refractivity contribution in [1.82, 2.24) is 10.6 Å². The van der Waals surface area contributed by atoms with E-state index in [4.69, 9.17) is 11.6 Å². The van der Waals surface area contributed by atoms with E-state index in [0.717, 1.165) is 30.1 Å². The minimum absolute atomic E-state index is 0.111. The van der Waals surface area contributed by atoms with Crippen LogP contribution in [0.1, 0.15) is 22.3 Å². The van der Waals surface area contributed by atoms with Crippen molar-refractivity contribution in [1.29, 1.82) is 0 Å². The molecule has 1 heterocycles. The molecule has 1 saturated heterocycles. The molecule has 0 radical (unpaired) electrons. The first-order valence-electron chi connectivity index (χ1n) is 9.34. The SMILES string of the molecule is CNC(=O)c1ccc(/C=C/C(=O)NCC2CCN(c3ccc(Cl)cc3)C2)cc1. The zero-order valence-electron chi connectivity index (χ0n) is 15.8. The highest BCUT2D eigenvalue weighted by atomic mass is 35.5. The molecule has 0 aliphatic carbocycles. The van der Waals surface area contributed by atoms with Crippen LogP contribution in [0.3, 0.4) is 0 Å². The van der Waals surface area contributed by atoms with Crippen LogP contribution < -0.4 is 15.5 Å². The second-order valence-electron chi connectivity index (χ2n) is 6.86. The standard InChI is InChI=1S/C22H24ClN3O2/c1-24-22(28)18-5-2-16(3-6-18)4-11-21(27)25-14-17-12-13-26(15-17)20-9-7-19(23)8-10-20/h2-11,17H,12-15H2,1H3,(H,24,28)(H,25,27)/b11-4+. The summed E-state index contributed by atoms with van der Waals surface area (Å²) in [7, 11) is 1.60. The summed E-state index contributed by atoms with van der Waals surface area (Å²) >= 11 is 5.94. The summed E-state index contributed by atoms with van der Waals surface area (Å²) in [5.41, 5.74) is 2.63. The number of hydrogen-bond acceptors (Lipinski definition) is 3. The lowest BCUT2D eigenvalue weighted by molar-refractivity contribution is -0.116. The van der Waals surface area contributed by atoms with Crippen molar-refractivity contribution in [2.45, 2.75) is 6.42 Å². The molecule has 2 aromatic rings. The van der Waals surface area contributed by atoms with E-state index in [0.29, 0.717) is 18.0 Å². The average molecular weight is 398 g/mol. The zero-order chi connectivity index (χ0) is 19.9. The minimum atomic E-state index is -0.127. The van der Waals surface area contributed by atoms with Crippen molar-refractivity contribution in [2.24, 2.45) is 5.92 Å². The summed E-state index contributed by atoms with van der Waals surface area (Å²) in [5, 5.41) is 6.29. The third-order valence-corrected chi connectivity index (χ3v) is 5.12. The zero-order valence-corrected chi connectivity index (χ0v) is 16.6. The molecular formula is C22H24ClN3O2. The van der Waals surface area contributed by atoms with Crippen LogP contribution >= 0.6 is 11.6 Å². The van der Waals surface area contributed by atoms with Crippen LogP contribution in [0.4, 0.5) is 5.69 Å². The van der Waals surface area contributed by atoms with Gasteiger partial charge in [0.2, 0.25) is 5.91 Å². The second kappa shape index (κ2) is 9.42. The summed E-state index contributed by atoms with van der Waals surface area (Å²) in [6, 6.07) is 15.0. The van der Waals surface area contributed by atoms with Crippen molar-refractivity contribution in [2.75, 3.05) is 31.6 Å². The second-order valence-corrected chi connectivity index (χ2v) is 7.29. The maximum Gasteiger partial charge on any atom is 0.251 e. The lowest BCUT2D eigenvalue weighted by Gasteiger charge is -2.18. The van der Waals surface area contributed by atoms with Gasteiger partial charge in [-0.1, -0.05) is 23.7 Å². The molecule has 1 atom stereocenters. The molecule has 1 fully saturated rings. The lowest BCUT2D eigenvalue weighted by Crippen LogP contribution is -2.29. The van der Waals surface area contributed by atoms with Crippen LogP contribution in [-0.4, -0.2) is 38.5 Å². The molecule has 1 aliphatic heterocycles. The Labute approximate surface area is 170 Å². The van der Waals surface area contributed by atoms with Gasteiger partial charge in [0.1, 0.15) is 0 Å². The van der Waals surface area contributed by atoms with E-state index in [-0.39, 0.29) is 11.8 Å². The largest absolute Gasteiger partial charge is 0.371 e. The lowest BCUT2D eigenvalue weighted by atomic mass is 10.1. The fourth-order valence-electron chi connectivity index (χ4n) is 3.25. The van der Waals surface area contributed by atoms with Crippen molar-refractivity contribution in [3.63, 3.8) is 0 Å². The molecule has 2 aromatic carbocycles. The third-order valence-electron chi connectivity index (χ3n) is 4.87. The van der Waals surface area contributed by atoms with Crippen LogP contribution in [0.15, 0.2) is 54.6 Å². The molecule has 3 rings (SSSR count). The first-order valence-corrected chi connectivity index (χ1v) is 9.71. The van der Waals surface area contributed by atoms with Gasteiger partial charge in [0.15, 0.2) is 0 Å². The molecule has 146 valence electrons. The number of halogens is 1. The summed E-state index contributed by atoms with van der Waals surface area (Å²) in [5.74, 6) is 0.192. The highest BCUT2D eigenvalue weighted by Crippen LogP contribution is 2.24. The van der Waals surface area contributed by atoms with Gasteiger partial charge >= 0.3 is 0 Å². The van der Waals surface area contributed by atoms with Gasteiger partial charge in [0.05, 0.1) is 0 Å². The van der Waals surface area contributed by atoms with Gasteiger partial charge in [0.25, 0.3) is 5.91 Å². The summed E-state index contributed by atoms with van der Waals surface area (Å²) in [6.45, 7) is 2.56. The van der Waals surface area contributed by atoms with Gasteiger partial charge in [0, 0.05) is 49.0 Å². The minimum Gasteiger partial charge on any atom is -0.371 e. The fraction of sp³-hybridized carbons (Fsp3) is 0.273. The Balaban J connectivity index is 1.45. The van der Waals surface area contributed by atoms with Gasteiger partial charge in [-0.05, 0) is 60.4 Å². The number of nitrogens with one attached hydrogen (secondary N) is 2. The van der Waals surface area contributed by atoms with E-state index in [1.165, 1.54) is 11.8 Å². The van der Waals surface area contributed by atoms with E-state index in [2.05, 4.69) is 15.5 Å². The molecule has 0 aromatic heterocycles. The first kappa shape index (κ1) is 20.0. The normalized spacial score (nSPS) is 16.4. The van der Waals surface area contributed by atoms with Crippen LogP contribution in [0, 0.1) is 5.92 Å². The van der Waals surface area contributed by atoms with E-state index in [1.807, 2.05) is 36.4 Å². The summed E-state index contributed by atoms with van der Waals surface area (Å²) < 4.78 is 0. The monoisotopic (exact) mass is 397 g/mol. The number of anilines is 1. The van der Waals surface area contributed by atoms with Crippen molar-refractivity contribution >= 4 is 35.2 Å². The number of amides is 2. The molecule has 28 heavy (non-hydrogen) atoms. The molecule has 6 heteroatoms. The van der Waals surface area contributed by atoms with Gasteiger partial charge in [-0.25, -0.2) is 0 Å². The van der Waals surface area contributed by atoms with E-state index >= 15 is 0 Å². The van der Waals surface area contributed by atoms with Crippen molar-refractivity contribution < 1.29 is 9.59 Å². The van der Waals surface area contributed by atoms with Crippen LogP contribution in [0.2, 0.25) is 5.02 Å². The number of carbonyl (C=O) groups excluding carboxylic acids is 2. The Hall–Kier alpha value is -2.79. The number of nitrogens with zero attached hydrogens (tertiary/aromatic N) is 1. The molecule has 0 bridgehead atoms. The topological polar surface area (TPSA) is 61.4 Å². The first-order chi connectivity index (χ1) is 13.5. The molecule has 0 spiro atoms. The quantitative estimate of drug-likeness (QED) is 0.735. The van der Waals surface area contributed by atoms with Gasteiger partial charge in [-0.3, -0.25) is 9.59 Å². The number of rotatable bonds is 6. The number of carbonyl (C=O) groups is 2. The Morgan fingerprint density at radius 2 is 1.86 bits per heavy atom. The Morgan fingerprint density at radius 1 is 1.14 bits per heavy atom. The third kappa shape index (κ3) is 5.36. The predicted octanol–water partition coefficient (Wildman–Crippen LogP) is 3.36. The summed E-state index contributed by atoms with van der Waals surface area (Å²) in [6.07, 6.45) is 4.33. The molecule has 1 aliphatic rings. The average Bonchev–Trinajstić information content (AvgIpc) is 3.20. The number of benzene rings is 2. The number of hydrogen-bond donors (Lipinski definition) is 2. The molecule has 2 N–H and O–H groups in total. The molecular weight excluding hydrogens is 374 g/mol. The van der Waals surface area contributed by atoms with Crippen LogP contribution in [-0.2, 0) is 4.79 Å². The summed E-state index contributed by atoms with van der Waals surface area (Å²) in [4.78, 5) is 25.9. The van der Waals surface area contributed by atoms with Crippen molar-refractivity contribution in [3.8, 4) is 0 Å². The highest BCUT2D eigenvalue weighted by Gasteiger charge is 2.22. The molecule has 0 saturated carbocycles.